The number of aromatic nitrogens is 3. The van der Waals surface area contributed by atoms with Gasteiger partial charge in [-0.25, -0.2) is 0 Å². The van der Waals surface area contributed by atoms with Crippen molar-refractivity contribution >= 4 is 46.8 Å². The van der Waals surface area contributed by atoms with E-state index in [1.54, 1.807) is 12.1 Å². The Hall–Kier alpha value is -2.55. The molecule has 35 heavy (non-hydrogen) atoms. The van der Waals surface area contributed by atoms with Crippen LogP contribution in [0.2, 0.25) is 10.0 Å². The number of nitrogens with one attached hydrogen (secondary N) is 2. The summed E-state index contributed by atoms with van der Waals surface area (Å²) in [7, 11) is 0. The van der Waals surface area contributed by atoms with E-state index in [-0.39, 0.29) is 35.6 Å². The van der Waals surface area contributed by atoms with E-state index in [0.717, 1.165) is 5.56 Å². The highest BCUT2D eigenvalue weighted by Crippen LogP contribution is 2.27. The Morgan fingerprint density at radius 2 is 1.71 bits per heavy atom. The standard InChI is InChI=1S/C25H29Cl2N5O2S/c1-5-32-23(22(15(2)3)29-24(34)18-11-12-19(26)20(27)13-18)30-31-25(32)35-14-21(33)28-16(4)17-9-7-6-8-10-17/h6-13,15-16,22H,5,14H2,1-4H3,(H,28,33)(H,29,34)/t16-,22-/m0/s1. The number of carbonyl (C=O) groups excluding carboxylic acids is 2. The molecule has 1 aromatic heterocycles. The van der Waals surface area contributed by atoms with Gasteiger partial charge in [-0.2, -0.15) is 0 Å². The molecule has 2 aromatic carbocycles. The molecule has 0 saturated heterocycles. The van der Waals surface area contributed by atoms with Gasteiger partial charge in [-0.1, -0.05) is 79.1 Å². The molecule has 186 valence electrons. The molecule has 0 radical (unpaired) electrons. The van der Waals surface area contributed by atoms with Gasteiger partial charge in [0.1, 0.15) is 0 Å². The summed E-state index contributed by atoms with van der Waals surface area (Å²) in [6.07, 6.45) is 0. The van der Waals surface area contributed by atoms with Gasteiger partial charge in [-0.05, 0) is 43.5 Å². The number of halogens is 2. The van der Waals surface area contributed by atoms with Gasteiger partial charge in [0, 0.05) is 12.1 Å². The molecule has 0 aliphatic carbocycles. The number of hydrogen-bond acceptors (Lipinski definition) is 5. The van der Waals surface area contributed by atoms with Gasteiger partial charge in [-0.15, -0.1) is 10.2 Å². The third kappa shape index (κ3) is 6.99. The summed E-state index contributed by atoms with van der Waals surface area (Å²) in [5.41, 5.74) is 1.45. The van der Waals surface area contributed by atoms with Crippen LogP contribution in [0.25, 0.3) is 0 Å². The lowest BCUT2D eigenvalue weighted by Gasteiger charge is -2.22. The molecular weight excluding hydrogens is 505 g/mol. The SMILES string of the molecule is CCn1c(SCC(=O)N[C@@H](C)c2ccccc2)nnc1[C@@H](NC(=O)c1ccc(Cl)c(Cl)c1)C(C)C. The number of carbonyl (C=O) groups is 2. The zero-order valence-corrected chi connectivity index (χ0v) is 22.4. The Labute approximate surface area is 220 Å². The maximum atomic E-state index is 12.9. The van der Waals surface area contributed by atoms with E-state index in [9.17, 15) is 9.59 Å². The lowest BCUT2D eigenvalue weighted by Crippen LogP contribution is -2.34. The van der Waals surface area contributed by atoms with Crippen LogP contribution in [0, 0.1) is 5.92 Å². The van der Waals surface area contributed by atoms with Gasteiger partial charge in [0.05, 0.1) is 27.9 Å². The summed E-state index contributed by atoms with van der Waals surface area (Å²) < 4.78 is 1.93. The minimum absolute atomic E-state index is 0.0455. The van der Waals surface area contributed by atoms with Gasteiger partial charge >= 0.3 is 0 Å². The van der Waals surface area contributed by atoms with Gasteiger partial charge in [0.2, 0.25) is 5.91 Å². The molecule has 3 rings (SSSR count). The number of benzene rings is 2. The van der Waals surface area contributed by atoms with Gasteiger partial charge < -0.3 is 15.2 Å². The van der Waals surface area contributed by atoms with Crippen molar-refractivity contribution in [2.75, 3.05) is 5.75 Å². The largest absolute Gasteiger partial charge is 0.349 e. The van der Waals surface area contributed by atoms with E-state index in [2.05, 4.69) is 20.8 Å². The molecule has 0 fully saturated rings. The number of hydrogen-bond donors (Lipinski definition) is 2. The molecule has 0 aliphatic heterocycles. The fraction of sp³-hybridized carbons (Fsp3) is 0.360. The summed E-state index contributed by atoms with van der Waals surface area (Å²) in [6, 6.07) is 14.1. The maximum Gasteiger partial charge on any atom is 0.251 e. The quantitative estimate of drug-likeness (QED) is 0.326. The molecule has 3 aromatic rings. The Morgan fingerprint density at radius 1 is 1.00 bits per heavy atom. The highest BCUT2D eigenvalue weighted by atomic mass is 35.5. The molecule has 0 bridgehead atoms. The maximum absolute atomic E-state index is 12.9. The van der Waals surface area contributed by atoms with Crippen molar-refractivity contribution in [2.45, 2.75) is 51.5 Å². The average molecular weight is 535 g/mol. The number of thioether (sulfide) groups is 1. The predicted molar refractivity (Wildman–Crippen MR) is 141 cm³/mol. The van der Waals surface area contributed by atoms with E-state index >= 15 is 0 Å². The number of nitrogens with zero attached hydrogens (tertiary/aromatic N) is 3. The van der Waals surface area contributed by atoms with Crippen LogP contribution in [0.1, 0.15) is 61.5 Å². The van der Waals surface area contributed by atoms with Crippen LogP contribution < -0.4 is 10.6 Å². The van der Waals surface area contributed by atoms with Crippen molar-refractivity contribution in [3.05, 3.63) is 75.5 Å². The van der Waals surface area contributed by atoms with Crippen molar-refractivity contribution in [2.24, 2.45) is 5.92 Å². The fourth-order valence-electron chi connectivity index (χ4n) is 3.56. The van der Waals surface area contributed by atoms with Crippen LogP contribution in [0.15, 0.2) is 53.7 Å². The van der Waals surface area contributed by atoms with Crippen LogP contribution in [-0.2, 0) is 11.3 Å². The second kappa shape index (κ2) is 12.4. The van der Waals surface area contributed by atoms with Crippen molar-refractivity contribution in [1.82, 2.24) is 25.4 Å². The van der Waals surface area contributed by atoms with Crippen molar-refractivity contribution in [3.8, 4) is 0 Å². The zero-order chi connectivity index (χ0) is 25.5. The molecule has 0 aliphatic rings. The van der Waals surface area contributed by atoms with Gasteiger partial charge in [-0.3, -0.25) is 9.59 Å². The molecule has 2 atom stereocenters. The zero-order valence-electron chi connectivity index (χ0n) is 20.1. The van der Waals surface area contributed by atoms with E-state index in [1.807, 2.05) is 62.6 Å². The van der Waals surface area contributed by atoms with Crippen LogP contribution in [0.4, 0.5) is 0 Å². The topological polar surface area (TPSA) is 88.9 Å². The van der Waals surface area contributed by atoms with E-state index in [0.29, 0.717) is 33.1 Å². The highest BCUT2D eigenvalue weighted by Gasteiger charge is 2.26. The lowest BCUT2D eigenvalue weighted by atomic mass is 10.0. The lowest BCUT2D eigenvalue weighted by molar-refractivity contribution is -0.119. The summed E-state index contributed by atoms with van der Waals surface area (Å²) in [6.45, 7) is 8.53. The number of rotatable bonds is 10. The van der Waals surface area contributed by atoms with Crippen LogP contribution in [0.5, 0.6) is 0 Å². The Morgan fingerprint density at radius 3 is 2.34 bits per heavy atom. The van der Waals surface area contributed by atoms with Gasteiger partial charge in [0.15, 0.2) is 11.0 Å². The molecule has 10 heteroatoms. The molecule has 7 nitrogen and oxygen atoms in total. The normalized spacial score (nSPS) is 12.9. The Bertz CT molecular complexity index is 1170. The van der Waals surface area contributed by atoms with E-state index in [1.165, 1.54) is 17.8 Å². The molecule has 2 amide bonds. The van der Waals surface area contributed by atoms with Crippen LogP contribution >= 0.6 is 35.0 Å². The molecule has 1 heterocycles. The molecule has 0 saturated carbocycles. The fourth-order valence-corrected chi connectivity index (χ4v) is 4.68. The minimum atomic E-state index is -0.384. The molecule has 0 spiro atoms. The van der Waals surface area contributed by atoms with Crippen molar-refractivity contribution in [1.29, 1.82) is 0 Å². The first-order valence-electron chi connectivity index (χ1n) is 11.4. The highest BCUT2D eigenvalue weighted by molar-refractivity contribution is 7.99. The predicted octanol–water partition coefficient (Wildman–Crippen LogP) is 5.70. The summed E-state index contributed by atoms with van der Waals surface area (Å²) >= 11 is 13.4. The minimum Gasteiger partial charge on any atom is -0.349 e. The van der Waals surface area contributed by atoms with Crippen LogP contribution in [-0.4, -0.2) is 32.3 Å². The second-order valence-corrected chi connectivity index (χ2v) is 10.2. The summed E-state index contributed by atoms with van der Waals surface area (Å²) in [5, 5.41) is 16.1. The first-order valence-corrected chi connectivity index (χ1v) is 13.1. The first-order chi connectivity index (χ1) is 16.7. The Kier molecular flexibility index (Phi) is 9.60. The monoisotopic (exact) mass is 533 g/mol. The molecule has 0 unspecified atom stereocenters. The Balaban J connectivity index is 1.69. The summed E-state index contributed by atoms with van der Waals surface area (Å²) in [5.74, 6) is 0.515. The van der Waals surface area contributed by atoms with E-state index < -0.39 is 0 Å². The second-order valence-electron chi connectivity index (χ2n) is 8.40. The van der Waals surface area contributed by atoms with E-state index in [4.69, 9.17) is 23.2 Å². The average Bonchev–Trinajstić information content (AvgIpc) is 3.25. The number of amides is 2. The van der Waals surface area contributed by atoms with Crippen molar-refractivity contribution < 1.29 is 9.59 Å². The third-order valence-electron chi connectivity index (χ3n) is 5.48. The first kappa shape index (κ1) is 27.0. The third-order valence-corrected chi connectivity index (χ3v) is 7.19. The smallest absolute Gasteiger partial charge is 0.251 e. The molecular formula is C25H29Cl2N5O2S. The van der Waals surface area contributed by atoms with Crippen molar-refractivity contribution in [3.63, 3.8) is 0 Å². The summed E-state index contributed by atoms with van der Waals surface area (Å²) in [4.78, 5) is 25.4. The van der Waals surface area contributed by atoms with Crippen LogP contribution in [0.3, 0.4) is 0 Å². The molecule has 2 N–H and O–H groups in total. The van der Waals surface area contributed by atoms with Gasteiger partial charge in [0.25, 0.3) is 5.91 Å².